The van der Waals surface area contributed by atoms with E-state index < -0.39 is 0 Å². The summed E-state index contributed by atoms with van der Waals surface area (Å²) in [6, 6.07) is 8.47. The second kappa shape index (κ2) is 8.65. The third kappa shape index (κ3) is 5.06. The molecule has 3 nitrogen and oxygen atoms in total. The highest BCUT2D eigenvalue weighted by molar-refractivity contribution is 8.00. The fraction of sp³-hybridized carbons (Fsp3) is 0.389. The van der Waals surface area contributed by atoms with Crippen molar-refractivity contribution in [3.63, 3.8) is 0 Å². The van der Waals surface area contributed by atoms with Gasteiger partial charge in [0.15, 0.2) is 0 Å². The summed E-state index contributed by atoms with van der Waals surface area (Å²) in [5.74, 6) is 0.335. The standard InChI is InChI=1S/C18H21FN2OS2/c19-16-2-4-17(5-3-16)24-14-18(22)21-8-1-7-20(9-10-21)12-15-6-11-23-13-15/h2-6,11,13H,1,7-10,12,14H2. The Morgan fingerprint density at radius 1 is 1.12 bits per heavy atom. The molecule has 1 aromatic heterocycles. The van der Waals surface area contributed by atoms with Crippen molar-refractivity contribution in [2.45, 2.75) is 17.9 Å². The average Bonchev–Trinajstić information content (AvgIpc) is 2.98. The topological polar surface area (TPSA) is 23.6 Å². The van der Waals surface area contributed by atoms with E-state index in [-0.39, 0.29) is 11.7 Å². The molecule has 1 amide bonds. The van der Waals surface area contributed by atoms with Crippen molar-refractivity contribution >= 4 is 29.0 Å². The molecule has 1 aromatic carbocycles. The Labute approximate surface area is 150 Å². The predicted octanol–water partition coefficient (Wildman–Crippen LogP) is 3.71. The van der Waals surface area contributed by atoms with Crippen LogP contribution in [0, 0.1) is 5.82 Å². The average molecular weight is 365 g/mol. The molecule has 0 aliphatic carbocycles. The molecule has 0 unspecified atom stereocenters. The number of amides is 1. The first-order valence-corrected chi connectivity index (χ1v) is 10.0. The Morgan fingerprint density at radius 3 is 2.71 bits per heavy atom. The highest BCUT2D eigenvalue weighted by atomic mass is 32.2. The first kappa shape index (κ1) is 17.5. The fourth-order valence-electron chi connectivity index (χ4n) is 2.79. The normalized spacial score (nSPS) is 16.1. The lowest BCUT2D eigenvalue weighted by atomic mass is 10.3. The molecule has 2 aromatic rings. The second-order valence-electron chi connectivity index (χ2n) is 5.88. The van der Waals surface area contributed by atoms with Gasteiger partial charge in [-0.3, -0.25) is 9.69 Å². The maximum Gasteiger partial charge on any atom is 0.232 e. The highest BCUT2D eigenvalue weighted by Crippen LogP contribution is 2.19. The summed E-state index contributed by atoms with van der Waals surface area (Å²) in [6.45, 7) is 4.53. The molecule has 1 saturated heterocycles. The zero-order chi connectivity index (χ0) is 16.8. The van der Waals surface area contributed by atoms with Gasteiger partial charge in [0.05, 0.1) is 5.75 Å². The molecule has 1 aliphatic rings. The van der Waals surface area contributed by atoms with Crippen LogP contribution in [0.2, 0.25) is 0 Å². The van der Waals surface area contributed by atoms with Crippen molar-refractivity contribution < 1.29 is 9.18 Å². The summed E-state index contributed by atoms with van der Waals surface area (Å²) in [7, 11) is 0. The number of thiophene rings is 1. The van der Waals surface area contributed by atoms with Crippen LogP contribution < -0.4 is 0 Å². The minimum absolute atomic E-state index is 0.168. The highest BCUT2D eigenvalue weighted by Gasteiger charge is 2.19. The minimum Gasteiger partial charge on any atom is -0.341 e. The number of halogens is 1. The van der Waals surface area contributed by atoms with Gasteiger partial charge in [0.2, 0.25) is 5.91 Å². The Balaban J connectivity index is 1.46. The van der Waals surface area contributed by atoms with Crippen LogP contribution in [0.1, 0.15) is 12.0 Å². The van der Waals surface area contributed by atoms with Crippen LogP contribution in [0.5, 0.6) is 0 Å². The van der Waals surface area contributed by atoms with Crippen LogP contribution in [-0.4, -0.2) is 47.6 Å². The zero-order valence-corrected chi connectivity index (χ0v) is 15.1. The summed E-state index contributed by atoms with van der Waals surface area (Å²) in [6.07, 6.45) is 1.01. The van der Waals surface area contributed by atoms with Gasteiger partial charge >= 0.3 is 0 Å². The molecule has 0 saturated carbocycles. The molecule has 0 spiro atoms. The lowest BCUT2D eigenvalue weighted by Crippen LogP contribution is -2.36. The van der Waals surface area contributed by atoms with Gasteiger partial charge in [-0.25, -0.2) is 4.39 Å². The summed E-state index contributed by atoms with van der Waals surface area (Å²) < 4.78 is 12.9. The number of carbonyl (C=O) groups is 1. The first-order chi connectivity index (χ1) is 11.7. The second-order valence-corrected chi connectivity index (χ2v) is 7.71. The number of benzene rings is 1. The first-order valence-electron chi connectivity index (χ1n) is 8.10. The molecule has 1 aliphatic heterocycles. The van der Waals surface area contributed by atoms with Crippen LogP contribution in [-0.2, 0) is 11.3 Å². The monoisotopic (exact) mass is 364 g/mol. The fourth-order valence-corrected chi connectivity index (χ4v) is 4.25. The maximum absolute atomic E-state index is 12.9. The van der Waals surface area contributed by atoms with Crippen LogP contribution in [0.15, 0.2) is 46.0 Å². The number of nitrogens with zero attached hydrogens (tertiary/aromatic N) is 2. The van der Waals surface area contributed by atoms with Crippen molar-refractivity contribution in [3.05, 3.63) is 52.5 Å². The SMILES string of the molecule is O=C(CSc1ccc(F)cc1)N1CCCN(Cc2ccsc2)CC1. The van der Waals surface area contributed by atoms with Gasteiger partial charge in [0.25, 0.3) is 0 Å². The van der Waals surface area contributed by atoms with Crippen LogP contribution in [0.3, 0.4) is 0 Å². The summed E-state index contributed by atoms with van der Waals surface area (Å²) in [5.41, 5.74) is 1.35. The number of thioether (sulfide) groups is 1. The smallest absolute Gasteiger partial charge is 0.232 e. The van der Waals surface area contributed by atoms with E-state index in [1.165, 1.54) is 29.5 Å². The van der Waals surface area contributed by atoms with E-state index in [2.05, 4.69) is 21.7 Å². The number of hydrogen-bond acceptors (Lipinski definition) is 4. The van der Waals surface area contributed by atoms with Crippen molar-refractivity contribution in [3.8, 4) is 0 Å². The van der Waals surface area contributed by atoms with E-state index in [0.717, 1.165) is 44.0 Å². The Kier molecular flexibility index (Phi) is 6.29. The Bertz CT molecular complexity index is 646. The number of carbonyl (C=O) groups excluding carboxylic acids is 1. The molecule has 0 atom stereocenters. The minimum atomic E-state index is -0.246. The largest absolute Gasteiger partial charge is 0.341 e. The predicted molar refractivity (Wildman–Crippen MR) is 97.9 cm³/mol. The molecule has 24 heavy (non-hydrogen) atoms. The summed E-state index contributed by atoms with van der Waals surface area (Å²) in [5, 5.41) is 4.29. The van der Waals surface area contributed by atoms with Crippen molar-refractivity contribution in [2.24, 2.45) is 0 Å². The Hall–Kier alpha value is -1.37. The number of rotatable bonds is 5. The van der Waals surface area contributed by atoms with E-state index in [1.54, 1.807) is 23.5 Å². The van der Waals surface area contributed by atoms with Gasteiger partial charge in [-0.2, -0.15) is 11.3 Å². The van der Waals surface area contributed by atoms with Crippen LogP contribution >= 0.6 is 23.1 Å². The molecule has 6 heteroatoms. The summed E-state index contributed by atoms with van der Waals surface area (Å²) >= 11 is 3.20. The molecular formula is C18H21FN2OS2. The van der Waals surface area contributed by atoms with E-state index in [1.807, 2.05) is 4.90 Å². The van der Waals surface area contributed by atoms with Crippen molar-refractivity contribution in [1.29, 1.82) is 0 Å². The lowest BCUT2D eigenvalue weighted by molar-refractivity contribution is -0.128. The van der Waals surface area contributed by atoms with E-state index in [4.69, 9.17) is 0 Å². The van der Waals surface area contributed by atoms with Gasteiger partial charge in [-0.1, -0.05) is 0 Å². The third-order valence-corrected chi connectivity index (χ3v) is 5.83. The van der Waals surface area contributed by atoms with Crippen LogP contribution in [0.25, 0.3) is 0 Å². The van der Waals surface area contributed by atoms with Gasteiger partial charge in [0.1, 0.15) is 5.82 Å². The molecule has 2 heterocycles. The van der Waals surface area contributed by atoms with E-state index in [0.29, 0.717) is 5.75 Å². The maximum atomic E-state index is 12.9. The van der Waals surface area contributed by atoms with Gasteiger partial charge in [-0.05, 0) is 53.1 Å². The van der Waals surface area contributed by atoms with Gasteiger partial charge < -0.3 is 4.90 Å². The van der Waals surface area contributed by atoms with Gasteiger partial charge in [0, 0.05) is 37.6 Å². The molecule has 3 rings (SSSR count). The zero-order valence-electron chi connectivity index (χ0n) is 13.5. The van der Waals surface area contributed by atoms with Crippen molar-refractivity contribution in [2.75, 3.05) is 31.9 Å². The number of hydrogen-bond donors (Lipinski definition) is 0. The molecule has 0 bridgehead atoms. The summed E-state index contributed by atoms with van der Waals surface area (Å²) in [4.78, 5) is 17.7. The molecule has 1 fully saturated rings. The Morgan fingerprint density at radius 2 is 1.96 bits per heavy atom. The quantitative estimate of drug-likeness (QED) is 0.756. The van der Waals surface area contributed by atoms with Crippen molar-refractivity contribution in [1.82, 2.24) is 9.80 Å². The molecule has 0 radical (unpaired) electrons. The molecule has 0 N–H and O–H groups in total. The van der Waals surface area contributed by atoms with Crippen LogP contribution in [0.4, 0.5) is 4.39 Å². The lowest BCUT2D eigenvalue weighted by Gasteiger charge is -2.21. The van der Waals surface area contributed by atoms with E-state index >= 15 is 0 Å². The third-order valence-electron chi connectivity index (χ3n) is 4.10. The molecular weight excluding hydrogens is 343 g/mol. The van der Waals surface area contributed by atoms with E-state index in [9.17, 15) is 9.18 Å². The molecule has 128 valence electrons. The van der Waals surface area contributed by atoms with Gasteiger partial charge in [-0.15, -0.1) is 11.8 Å².